The van der Waals surface area contributed by atoms with Crippen molar-refractivity contribution in [3.63, 3.8) is 0 Å². The molecule has 0 saturated carbocycles. The third kappa shape index (κ3) is 1.73. The van der Waals surface area contributed by atoms with Crippen LogP contribution in [0.25, 0.3) is 5.57 Å². The summed E-state index contributed by atoms with van der Waals surface area (Å²) in [4.78, 5) is 4.31. The molecule has 0 unspecified atom stereocenters. The van der Waals surface area contributed by atoms with Crippen LogP contribution in [0.5, 0.6) is 0 Å². The van der Waals surface area contributed by atoms with Crippen LogP contribution >= 0.6 is 0 Å². The molecule has 0 amide bonds. The minimum Gasteiger partial charge on any atom is -0.256 e. The Kier molecular flexibility index (Phi) is 2.64. The Hall–Kier alpha value is -1.11. The van der Waals surface area contributed by atoms with Crippen LogP contribution in [0.2, 0.25) is 0 Å². The van der Waals surface area contributed by atoms with E-state index in [4.69, 9.17) is 0 Å². The van der Waals surface area contributed by atoms with Crippen molar-refractivity contribution in [1.82, 2.24) is 4.98 Å². The highest BCUT2D eigenvalue weighted by atomic mass is 14.7. The second-order valence-electron chi connectivity index (χ2n) is 3.11. The van der Waals surface area contributed by atoms with Gasteiger partial charge in [-0.2, -0.15) is 0 Å². The SMILES string of the molecule is C=C(CC)c1cc(C)c(C)cn1. The molecule has 0 aromatic carbocycles. The van der Waals surface area contributed by atoms with Gasteiger partial charge in [0.2, 0.25) is 0 Å². The van der Waals surface area contributed by atoms with Crippen molar-refractivity contribution in [2.24, 2.45) is 0 Å². The summed E-state index contributed by atoms with van der Waals surface area (Å²) in [6, 6.07) is 2.10. The predicted octanol–water partition coefficient (Wildman–Crippen LogP) is 3.12. The monoisotopic (exact) mass is 161 g/mol. The van der Waals surface area contributed by atoms with Crippen molar-refractivity contribution in [3.8, 4) is 0 Å². The maximum absolute atomic E-state index is 4.31. The summed E-state index contributed by atoms with van der Waals surface area (Å²) in [5.74, 6) is 0. The zero-order valence-electron chi connectivity index (χ0n) is 8.02. The fourth-order valence-corrected chi connectivity index (χ4v) is 0.999. The summed E-state index contributed by atoms with van der Waals surface area (Å²) in [5, 5.41) is 0. The minimum atomic E-state index is 0.968. The molecule has 0 N–H and O–H groups in total. The Labute approximate surface area is 74.2 Å². The van der Waals surface area contributed by atoms with Crippen LogP contribution in [-0.4, -0.2) is 4.98 Å². The number of rotatable bonds is 2. The van der Waals surface area contributed by atoms with E-state index in [2.05, 4.69) is 38.4 Å². The molecule has 0 radical (unpaired) electrons. The third-order valence-corrected chi connectivity index (χ3v) is 2.16. The largest absolute Gasteiger partial charge is 0.256 e. The lowest BCUT2D eigenvalue weighted by Crippen LogP contribution is -1.90. The first-order chi connectivity index (χ1) is 5.65. The topological polar surface area (TPSA) is 12.9 Å². The highest BCUT2D eigenvalue weighted by Crippen LogP contribution is 2.15. The fourth-order valence-electron chi connectivity index (χ4n) is 0.999. The van der Waals surface area contributed by atoms with Crippen LogP contribution in [0.15, 0.2) is 18.8 Å². The van der Waals surface area contributed by atoms with Crippen molar-refractivity contribution < 1.29 is 0 Å². The van der Waals surface area contributed by atoms with E-state index in [0.717, 1.165) is 17.7 Å². The summed E-state index contributed by atoms with van der Waals surface area (Å²) in [6.45, 7) is 10.2. The van der Waals surface area contributed by atoms with E-state index in [9.17, 15) is 0 Å². The average Bonchev–Trinajstić information content (AvgIpc) is 2.08. The summed E-state index contributed by atoms with van der Waals surface area (Å²) < 4.78 is 0. The minimum absolute atomic E-state index is 0.968. The van der Waals surface area contributed by atoms with Gasteiger partial charge in [0.15, 0.2) is 0 Å². The number of aryl methyl sites for hydroxylation is 2. The first-order valence-electron chi connectivity index (χ1n) is 4.26. The molecule has 0 saturated heterocycles. The van der Waals surface area contributed by atoms with Gasteiger partial charge in [-0.3, -0.25) is 4.98 Å². The van der Waals surface area contributed by atoms with Crippen molar-refractivity contribution in [3.05, 3.63) is 35.7 Å². The van der Waals surface area contributed by atoms with E-state index >= 15 is 0 Å². The smallest absolute Gasteiger partial charge is 0.0658 e. The van der Waals surface area contributed by atoms with Crippen LogP contribution < -0.4 is 0 Å². The Morgan fingerprint density at radius 1 is 1.42 bits per heavy atom. The molecule has 0 spiro atoms. The molecule has 0 aliphatic heterocycles. The number of pyridine rings is 1. The molecule has 0 bridgehead atoms. The summed E-state index contributed by atoms with van der Waals surface area (Å²) >= 11 is 0. The Balaban J connectivity index is 3.05. The van der Waals surface area contributed by atoms with Crippen molar-refractivity contribution >= 4 is 5.57 Å². The molecule has 1 nitrogen and oxygen atoms in total. The molecule has 0 aliphatic carbocycles. The number of hydrogen-bond donors (Lipinski definition) is 0. The lowest BCUT2D eigenvalue weighted by atomic mass is 10.1. The van der Waals surface area contributed by atoms with Crippen LogP contribution in [-0.2, 0) is 0 Å². The zero-order chi connectivity index (χ0) is 9.14. The highest BCUT2D eigenvalue weighted by Gasteiger charge is 1.99. The predicted molar refractivity (Wildman–Crippen MR) is 53.0 cm³/mol. The van der Waals surface area contributed by atoms with Gasteiger partial charge in [0.05, 0.1) is 5.69 Å². The second kappa shape index (κ2) is 3.53. The van der Waals surface area contributed by atoms with Gasteiger partial charge in [0, 0.05) is 6.20 Å². The molecule has 0 fully saturated rings. The van der Waals surface area contributed by atoms with Crippen LogP contribution in [0.1, 0.15) is 30.2 Å². The molecule has 1 aromatic heterocycles. The van der Waals surface area contributed by atoms with E-state index in [0.29, 0.717) is 0 Å². The van der Waals surface area contributed by atoms with Gasteiger partial charge in [0.25, 0.3) is 0 Å². The van der Waals surface area contributed by atoms with E-state index in [1.54, 1.807) is 0 Å². The maximum Gasteiger partial charge on any atom is 0.0658 e. The molecule has 0 atom stereocenters. The first-order valence-corrected chi connectivity index (χ1v) is 4.26. The molecule has 1 heterocycles. The standard InChI is InChI=1S/C11H15N/c1-5-8(2)11-6-9(3)10(4)7-12-11/h6-7H,2,5H2,1,3-4H3. The number of nitrogens with zero attached hydrogens (tertiary/aromatic N) is 1. The van der Waals surface area contributed by atoms with E-state index in [1.807, 2.05) is 6.20 Å². The van der Waals surface area contributed by atoms with Crippen molar-refractivity contribution in [2.45, 2.75) is 27.2 Å². The normalized spacial score (nSPS) is 9.92. The maximum atomic E-state index is 4.31. The Morgan fingerprint density at radius 3 is 2.58 bits per heavy atom. The summed E-state index contributed by atoms with van der Waals surface area (Å²) in [7, 11) is 0. The Bertz CT molecular complexity index is 300. The van der Waals surface area contributed by atoms with E-state index in [1.165, 1.54) is 11.1 Å². The lowest BCUT2D eigenvalue weighted by molar-refractivity contribution is 1.14. The highest BCUT2D eigenvalue weighted by molar-refractivity contribution is 5.60. The summed E-state index contributed by atoms with van der Waals surface area (Å²) in [5.41, 5.74) is 4.66. The van der Waals surface area contributed by atoms with Gasteiger partial charge >= 0.3 is 0 Å². The van der Waals surface area contributed by atoms with E-state index in [-0.39, 0.29) is 0 Å². The van der Waals surface area contributed by atoms with Crippen LogP contribution in [0, 0.1) is 13.8 Å². The molecular formula is C11H15N. The first kappa shape index (κ1) is 8.98. The van der Waals surface area contributed by atoms with E-state index < -0.39 is 0 Å². The van der Waals surface area contributed by atoms with Gasteiger partial charge in [0.1, 0.15) is 0 Å². The van der Waals surface area contributed by atoms with Crippen LogP contribution in [0.4, 0.5) is 0 Å². The number of hydrogen-bond acceptors (Lipinski definition) is 1. The van der Waals surface area contributed by atoms with Crippen molar-refractivity contribution in [1.29, 1.82) is 0 Å². The number of aromatic nitrogens is 1. The summed E-state index contributed by atoms with van der Waals surface area (Å²) in [6.07, 6.45) is 2.88. The fraction of sp³-hybridized carbons (Fsp3) is 0.364. The molecule has 0 aliphatic rings. The quantitative estimate of drug-likeness (QED) is 0.649. The van der Waals surface area contributed by atoms with Gasteiger partial charge < -0.3 is 0 Å². The van der Waals surface area contributed by atoms with Gasteiger partial charge in [-0.15, -0.1) is 0 Å². The van der Waals surface area contributed by atoms with Crippen molar-refractivity contribution in [2.75, 3.05) is 0 Å². The lowest BCUT2D eigenvalue weighted by Gasteiger charge is -2.04. The third-order valence-electron chi connectivity index (χ3n) is 2.16. The molecule has 1 rings (SSSR count). The van der Waals surface area contributed by atoms with Gasteiger partial charge in [-0.1, -0.05) is 13.5 Å². The molecule has 64 valence electrons. The Morgan fingerprint density at radius 2 is 2.08 bits per heavy atom. The second-order valence-corrected chi connectivity index (χ2v) is 3.11. The van der Waals surface area contributed by atoms with Gasteiger partial charge in [-0.05, 0) is 43.0 Å². The van der Waals surface area contributed by atoms with Gasteiger partial charge in [-0.25, -0.2) is 0 Å². The average molecular weight is 161 g/mol. The molecule has 12 heavy (non-hydrogen) atoms. The molecule has 1 aromatic rings. The molecular weight excluding hydrogens is 146 g/mol. The molecule has 1 heteroatoms. The van der Waals surface area contributed by atoms with Crippen LogP contribution in [0.3, 0.4) is 0 Å². The zero-order valence-corrected chi connectivity index (χ0v) is 8.02. The number of allylic oxidation sites excluding steroid dienone is 1.